The van der Waals surface area contributed by atoms with Gasteiger partial charge in [-0.1, -0.05) is 12.2 Å². The lowest BCUT2D eigenvalue weighted by atomic mass is 10.2. The van der Waals surface area contributed by atoms with Gasteiger partial charge in [0.25, 0.3) is 0 Å². The minimum atomic E-state index is 1.01. The number of hydrogen-bond donors (Lipinski definition) is 1. The van der Waals surface area contributed by atoms with Gasteiger partial charge in [-0.15, -0.1) is 0 Å². The molecule has 11 heavy (non-hydrogen) atoms. The number of H-pyrrole nitrogens is 1. The molecule has 1 heterocycles. The van der Waals surface area contributed by atoms with Gasteiger partial charge in [-0.25, -0.2) is 4.98 Å². The van der Waals surface area contributed by atoms with E-state index in [0.717, 1.165) is 17.1 Å². The van der Waals surface area contributed by atoms with E-state index >= 15 is 0 Å². The first kappa shape index (κ1) is 6.40. The van der Waals surface area contributed by atoms with Gasteiger partial charge >= 0.3 is 0 Å². The highest BCUT2D eigenvalue weighted by Gasteiger charge is 1.95. The van der Waals surface area contributed by atoms with Gasteiger partial charge in [-0.2, -0.15) is 0 Å². The van der Waals surface area contributed by atoms with Crippen molar-refractivity contribution in [2.75, 3.05) is 0 Å². The molecule has 0 fully saturated rings. The lowest BCUT2D eigenvalue weighted by Crippen LogP contribution is -2.25. The molecule has 0 unspecified atom stereocenters. The molecule has 1 aromatic rings. The summed E-state index contributed by atoms with van der Waals surface area (Å²) in [6.45, 7) is 2.11. The van der Waals surface area contributed by atoms with Crippen LogP contribution in [0.4, 0.5) is 0 Å². The van der Waals surface area contributed by atoms with Crippen molar-refractivity contribution < 1.29 is 0 Å². The van der Waals surface area contributed by atoms with Crippen LogP contribution in [0, 0.1) is 0 Å². The molecular formula is C9H10N2. The molecule has 1 aromatic heterocycles. The number of aromatic nitrogens is 2. The summed E-state index contributed by atoms with van der Waals surface area (Å²) in [6, 6.07) is 0. The molecule has 2 heteroatoms. The van der Waals surface area contributed by atoms with Crippen molar-refractivity contribution in [3.05, 3.63) is 29.2 Å². The number of imidazole rings is 1. The van der Waals surface area contributed by atoms with Gasteiger partial charge in [0, 0.05) is 0 Å². The topological polar surface area (TPSA) is 28.7 Å². The van der Waals surface area contributed by atoms with Crippen LogP contribution >= 0.6 is 0 Å². The van der Waals surface area contributed by atoms with E-state index in [1.807, 2.05) is 0 Å². The molecule has 1 aliphatic rings. The number of hydrogen-bond acceptors (Lipinski definition) is 1. The van der Waals surface area contributed by atoms with Crippen LogP contribution in [0.3, 0.4) is 0 Å². The zero-order chi connectivity index (χ0) is 7.68. The highest BCUT2D eigenvalue weighted by molar-refractivity contribution is 5.48. The molecule has 56 valence electrons. The third-order valence-corrected chi connectivity index (χ3v) is 1.90. The first-order valence-corrected chi connectivity index (χ1v) is 3.74. The fraction of sp³-hybridized carbons (Fsp3) is 0.222. The van der Waals surface area contributed by atoms with Crippen LogP contribution < -0.4 is 10.7 Å². The van der Waals surface area contributed by atoms with Crippen molar-refractivity contribution in [3.8, 4) is 0 Å². The summed E-state index contributed by atoms with van der Waals surface area (Å²) in [5.74, 6) is 0. The molecule has 0 aliphatic heterocycles. The molecule has 0 bridgehead atoms. The van der Waals surface area contributed by atoms with Crippen LogP contribution in [0.1, 0.15) is 13.3 Å². The van der Waals surface area contributed by atoms with Gasteiger partial charge in [0.15, 0.2) is 0 Å². The van der Waals surface area contributed by atoms with Crippen molar-refractivity contribution in [3.63, 3.8) is 0 Å². The Labute approximate surface area is 65.0 Å². The van der Waals surface area contributed by atoms with E-state index in [1.54, 1.807) is 6.33 Å². The Morgan fingerprint density at radius 3 is 3.36 bits per heavy atom. The molecule has 0 spiro atoms. The van der Waals surface area contributed by atoms with Gasteiger partial charge < -0.3 is 4.98 Å². The van der Waals surface area contributed by atoms with Crippen LogP contribution in [0.5, 0.6) is 0 Å². The molecule has 0 atom stereocenters. The highest BCUT2D eigenvalue weighted by Crippen LogP contribution is 1.99. The van der Waals surface area contributed by atoms with Gasteiger partial charge in [0.05, 0.1) is 17.0 Å². The standard InChI is InChI=1S/C9H10N2/c1-7-4-2-3-5-8-9(7)11-6-10-8/h2-3,5-6H,4H2,1H3,(H,10,11). The number of nitrogens with zero attached hydrogens (tertiary/aromatic N) is 1. The third kappa shape index (κ3) is 1.00. The third-order valence-electron chi connectivity index (χ3n) is 1.90. The summed E-state index contributed by atoms with van der Waals surface area (Å²) in [7, 11) is 0. The Morgan fingerprint density at radius 2 is 2.45 bits per heavy atom. The molecule has 0 aromatic carbocycles. The average Bonchev–Trinajstić information content (AvgIpc) is 2.40. The molecule has 0 amide bonds. The second-order valence-electron chi connectivity index (χ2n) is 2.74. The molecular weight excluding hydrogens is 136 g/mol. The zero-order valence-corrected chi connectivity index (χ0v) is 6.46. The minimum absolute atomic E-state index is 1.01. The van der Waals surface area contributed by atoms with Crippen molar-refractivity contribution in [2.45, 2.75) is 13.3 Å². The number of aromatic amines is 1. The second-order valence-corrected chi connectivity index (χ2v) is 2.74. The molecule has 0 radical (unpaired) electrons. The maximum atomic E-state index is 4.23. The van der Waals surface area contributed by atoms with E-state index in [4.69, 9.17) is 0 Å². The summed E-state index contributed by atoms with van der Waals surface area (Å²) in [4.78, 5) is 7.32. The Morgan fingerprint density at radius 1 is 1.55 bits per heavy atom. The molecule has 1 aliphatic carbocycles. The van der Waals surface area contributed by atoms with Gasteiger partial charge in [-0.05, 0) is 25.0 Å². The van der Waals surface area contributed by atoms with E-state index in [9.17, 15) is 0 Å². The summed E-state index contributed by atoms with van der Waals surface area (Å²) in [6.07, 6.45) is 9.01. The Hall–Kier alpha value is -1.31. The first-order chi connectivity index (χ1) is 5.38. The quantitative estimate of drug-likeness (QED) is 0.561. The summed E-state index contributed by atoms with van der Waals surface area (Å²) >= 11 is 0. The monoisotopic (exact) mass is 146 g/mol. The summed E-state index contributed by atoms with van der Waals surface area (Å²) in [5.41, 5.74) is 1.33. The average molecular weight is 146 g/mol. The largest absolute Gasteiger partial charge is 0.345 e. The maximum absolute atomic E-state index is 4.23. The number of allylic oxidation sites excluding steroid dienone is 2. The fourth-order valence-electron chi connectivity index (χ4n) is 1.28. The smallest absolute Gasteiger partial charge is 0.0931 e. The Kier molecular flexibility index (Phi) is 1.39. The maximum Gasteiger partial charge on any atom is 0.0931 e. The van der Waals surface area contributed by atoms with Gasteiger partial charge in [-0.3, -0.25) is 0 Å². The van der Waals surface area contributed by atoms with E-state index in [-0.39, 0.29) is 0 Å². The van der Waals surface area contributed by atoms with Crippen LogP contribution in [-0.4, -0.2) is 9.97 Å². The van der Waals surface area contributed by atoms with Crippen LogP contribution in [0.25, 0.3) is 11.6 Å². The molecule has 2 nitrogen and oxygen atoms in total. The van der Waals surface area contributed by atoms with E-state index in [2.05, 4.69) is 35.1 Å². The zero-order valence-electron chi connectivity index (χ0n) is 6.46. The predicted molar refractivity (Wildman–Crippen MR) is 45.1 cm³/mol. The minimum Gasteiger partial charge on any atom is -0.345 e. The summed E-state index contributed by atoms with van der Waals surface area (Å²) in [5, 5.41) is 2.23. The predicted octanol–water partition coefficient (Wildman–Crippen LogP) is 0.321. The first-order valence-electron chi connectivity index (χ1n) is 3.74. The van der Waals surface area contributed by atoms with E-state index < -0.39 is 0 Å². The lowest BCUT2D eigenvalue weighted by Gasteiger charge is -1.88. The number of rotatable bonds is 0. The SMILES string of the molecule is CC1=c2nc[nH]c2=CC=CC1. The van der Waals surface area contributed by atoms with E-state index in [1.165, 1.54) is 5.57 Å². The van der Waals surface area contributed by atoms with Crippen molar-refractivity contribution in [1.29, 1.82) is 0 Å². The normalized spacial score (nSPS) is 15.5. The van der Waals surface area contributed by atoms with E-state index in [0.29, 0.717) is 0 Å². The number of fused-ring (bicyclic) bond motifs is 1. The van der Waals surface area contributed by atoms with Crippen LogP contribution in [-0.2, 0) is 0 Å². The van der Waals surface area contributed by atoms with Crippen molar-refractivity contribution >= 4 is 11.6 Å². The summed E-state index contributed by atoms with van der Waals surface area (Å²) < 4.78 is 0. The number of nitrogens with one attached hydrogen (secondary N) is 1. The van der Waals surface area contributed by atoms with Crippen LogP contribution in [0.2, 0.25) is 0 Å². The van der Waals surface area contributed by atoms with Crippen molar-refractivity contribution in [2.24, 2.45) is 0 Å². The molecule has 0 saturated heterocycles. The Balaban J connectivity index is 2.87. The molecule has 1 N–H and O–H groups in total. The fourth-order valence-corrected chi connectivity index (χ4v) is 1.28. The molecule has 0 saturated carbocycles. The lowest BCUT2D eigenvalue weighted by molar-refractivity contribution is 1.24. The Bertz CT molecular complexity index is 395. The van der Waals surface area contributed by atoms with Crippen LogP contribution in [0.15, 0.2) is 18.5 Å². The van der Waals surface area contributed by atoms with Crippen molar-refractivity contribution in [1.82, 2.24) is 9.97 Å². The second kappa shape index (κ2) is 2.38. The van der Waals surface area contributed by atoms with Gasteiger partial charge in [0.1, 0.15) is 0 Å². The highest BCUT2D eigenvalue weighted by atomic mass is 14.9. The molecule has 2 rings (SSSR count). The van der Waals surface area contributed by atoms with Gasteiger partial charge in [0.2, 0.25) is 0 Å².